The molecule has 3 atom stereocenters. The van der Waals surface area contributed by atoms with Gasteiger partial charge in [-0.05, 0) is 37.1 Å². The summed E-state index contributed by atoms with van der Waals surface area (Å²) in [5.74, 6) is 0.920. The molecule has 0 spiro atoms. The Balaban J connectivity index is 1.55. The van der Waals surface area contributed by atoms with Crippen LogP contribution in [-0.2, 0) is 4.74 Å². The molecule has 0 bridgehead atoms. The fourth-order valence-electron chi connectivity index (χ4n) is 4.54. The quantitative estimate of drug-likeness (QED) is 0.410. The van der Waals surface area contributed by atoms with Crippen molar-refractivity contribution < 1.29 is 22.6 Å². The van der Waals surface area contributed by atoms with E-state index in [4.69, 9.17) is 20.2 Å². The Morgan fingerprint density at radius 2 is 1.97 bits per heavy atom. The number of rotatable bonds is 7. The van der Waals surface area contributed by atoms with E-state index in [1.807, 2.05) is 31.2 Å². The van der Waals surface area contributed by atoms with E-state index >= 15 is 0 Å². The van der Waals surface area contributed by atoms with Crippen molar-refractivity contribution in [3.8, 4) is 17.3 Å². The molecule has 1 unspecified atom stereocenters. The molecule has 1 saturated heterocycles. The van der Waals surface area contributed by atoms with Gasteiger partial charge in [0.15, 0.2) is 11.5 Å². The van der Waals surface area contributed by atoms with E-state index in [0.717, 1.165) is 5.39 Å². The van der Waals surface area contributed by atoms with Crippen LogP contribution in [0.1, 0.15) is 24.9 Å². The highest BCUT2D eigenvalue weighted by Crippen LogP contribution is 2.39. The summed E-state index contributed by atoms with van der Waals surface area (Å²) in [6, 6.07) is 10.2. The lowest BCUT2D eigenvalue weighted by Crippen LogP contribution is -2.38. The topological polar surface area (TPSA) is 90.8 Å². The molecule has 4 heterocycles. The minimum atomic E-state index is -4.46. The van der Waals surface area contributed by atoms with E-state index in [9.17, 15) is 13.2 Å². The average molecular weight is 501 g/mol. The SMILES string of the molecule is CO[C@H](C)COc1cccc2ccc(-c3nnc4ccc([C@@H](N5CCC(N)C5)C(F)(F)F)cn34)nc12. The van der Waals surface area contributed by atoms with Gasteiger partial charge in [-0.1, -0.05) is 24.3 Å². The van der Waals surface area contributed by atoms with Crippen molar-refractivity contribution in [2.45, 2.75) is 37.7 Å². The van der Waals surface area contributed by atoms with Gasteiger partial charge in [-0.3, -0.25) is 9.30 Å². The predicted molar refractivity (Wildman–Crippen MR) is 129 cm³/mol. The number of likely N-dealkylation sites (tertiary alicyclic amines) is 1. The van der Waals surface area contributed by atoms with Crippen LogP contribution in [0.3, 0.4) is 0 Å². The van der Waals surface area contributed by atoms with Gasteiger partial charge in [0.1, 0.15) is 29.6 Å². The molecule has 1 aromatic carbocycles. The Kier molecular flexibility index (Phi) is 6.54. The second kappa shape index (κ2) is 9.64. The van der Waals surface area contributed by atoms with Gasteiger partial charge in [-0.25, -0.2) is 4.98 Å². The predicted octanol–water partition coefficient (Wildman–Crippen LogP) is 3.99. The lowest BCUT2D eigenvalue weighted by molar-refractivity contribution is -0.183. The summed E-state index contributed by atoms with van der Waals surface area (Å²) in [5, 5.41) is 9.25. The first-order chi connectivity index (χ1) is 17.2. The number of ether oxygens (including phenoxy) is 2. The van der Waals surface area contributed by atoms with Crippen LogP contribution in [-0.4, -0.2) is 69.6 Å². The lowest BCUT2D eigenvalue weighted by atomic mass is 10.1. The largest absolute Gasteiger partial charge is 0.489 e. The molecule has 0 saturated carbocycles. The van der Waals surface area contributed by atoms with Crippen LogP contribution < -0.4 is 10.5 Å². The van der Waals surface area contributed by atoms with Crippen LogP contribution in [0, 0.1) is 0 Å². The standard InChI is InChI=1S/C25H27F3N6O2/c1-15(35-2)14-36-20-5-3-4-16-6-8-19(30-22(16)20)24-32-31-21-9-7-17(12-34(21)24)23(25(26,27)28)33-11-10-18(29)13-33/h3-9,12,15,18,23H,10-11,13-14,29H2,1-2H3/t15-,18?,23-/m1/s1. The first-order valence-corrected chi connectivity index (χ1v) is 11.7. The molecule has 0 amide bonds. The van der Waals surface area contributed by atoms with Gasteiger partial charge in [0.2, 0.25) is 0 Å². The lowest BCUT2D eigenvalue weighted by Gasteiger charge is -2.30. The van der Waals surface area contributed by atoms with E-state index in [0.29, 0.717) is 41.5 Å². The second-order valence-corrected chi connectivity index (χ2v) is 9.08. The number of nitrogens with two attached hydrogens (primary N) is 1. The number of pyridine rings is 2. The van der Waals surface area contributed by atoms with E-state index in [1.165, 1.54) is 17.2 Å². The van der Waals surface area contributed by atoms with E-state index in [2.05, 4.69) is 10.2 Å². The minimum absolute atomic E-state index is 0.100. The molecule has 2 N–H and O–H groups in total. The highest BCUT2D eigenvalue weighted by molar-refractivity contribution is 5.86. The van der Waals surface area contributed by atoms with Gasteiger partial charge in [0.05, 0.1) is 6.10 Å². The van der Waals surface area contributed by atoms with Gasteiger partial charge < -0.3 is 15.2 Å². The third kappa shape index (κ3) is 4.73. The third-order valence-corrected chi connectivity index (χ3v) is 6.46. The molecular weight excluding hydrogens is 473 g/mol. The molecule has 0 aliphatic carbocycles. The van der Waals surface area contributed by atoms with Crippen LogP contribution in [0.25, 0.3) is 28.1 Å². The Labute approximate surface area is 205 Å². The summed E-state index contributed by atoms with van der Waals surface area (Å²) in [6.07, 6.45) is -2.59. The number of aromatic nitrogens is 4. The number of para-hydroxylation sites is 1. The normalized spacial score (nSPS) is 18.7. The summed E-state index contributed by atoms with van der Waals surface area (Å²) >= 11 is 0. The van der Waals surface area contributed by atoms with E-state index in [1.54, 1.807) is 23.6 Å². The van der Waals surface area contributed by atoms with Crippen molar-refractivity contribution in [1.82, 2.24) is 24.5 Å². The molecule has 11 heteroatoms. The molecule has 36 heavy (non-hydrogen) atoms. The van der Waals surface area contributed by atoms with Crippen LogP contribution in [0.5, 0.6) is 5.75 Å². The average Bonchev–Trinajstić information content (AvgIpc) is 3.47. The number of methoxy groups -OCH3 is 1. The number of hydrogen-bond donors (Lipinski definition) is 1. The monoisotopic (exact) mass is 500 g/mol. The molecule has 8 nitrogen and oxygen atoms in total. The molecular formula is C25H27F3N6O2. The molecule has 1 aliphatic rings. The zero-order valence-corrected chi connectivity index (χ0v) is 19.9. The van der Waals surface area contributed by atoms with Gasteiger partial charge in [0, 0.05) is 37.8 Å². The summed E-state index contributed by atoms with van der Waals surface area (Å²) in [5.41, 5.74) is 7.51. The van der Waals surface area contributed by atoms with Crippen molar-refractivity contribution in [3.05, 3.63) is 54.2 Å². The number of nitrogens with zero attached hydrogens (tertiary/aromatic N) is 5. The Morgan fingerprint density at radius 1 is 1.14 bits per heavy atom. The van der Waals surface area contributed by atoms with Crippen LogP contribution in [0.2, 0.25) is 0 Å². The molecule has 190 valence electrons. The summed E-state index contributed by atoms with van der Waals surface area (Å²) in [6.45, 7) is 2.72. The maximum absolute atomic E-state index is 14.1. The fraction of sp³-hybridized carbons (Fsp3) is 0.400. The van der Waals surface area contributed by atoms with Crippen molar-refractivity contribution in [2.75, 3.05) is 26.8 Å². The van der Waals surface area contributed by atoms with Crippen LogP contribution in [0.15, 0.2) is 48.7 Å². The maximum atomic E-state index is 14.1. The third-order valence-electron chi connectivity index (χ3n) is 6.46. The first-order valence-electron chi connectivity index (χ1n) is 11.7. The number of fused-ring (bicyclic) bond motifs is 2. The summed E-state index contributed by atoms with van der Waals surface area (Å²) in [4.78, 5) is 6.13. The Bertz CT molecular complexity index is 1380. The highest BCUT2D eigenvalue weighted by Gasteiger charge is 2.46. The van der Waals surface area contributed by atoms with Crippen molar-refractivity contribution in [3.63, 3.8) is 0 Å². The zero-order chi connectivity index (χ0) is 25.4. The molecule has 1 aliphatic heterocycles. The Morgan fingerprint density at radius 3 is 2.69 bits per heavy atom. The van der Waals surface area contributed by atoms with Gasteiger partial charge in [-0.15, -0.1) is 10.2 Å². The smallest absolute Gasteiger partial charge is 0.408 e. The second-order valence-electron chi connectivity index (χ2n) is 9.08. The van der Waals surface area contributed by atoms with Crippen LogP contribution >= 0.6 is 0 Å². The van der Waals surface area contributed by atoms with Gasteiger partial charge >= 0.3 is 6.18 Å². The first kappa shape index (κ1) is 24.4. The van der Waals surface area contributed by atoms with E-state index in [-0.39, 0.29) is 30.8 Å². The Hall–Kier alpha value is -3.28. The minimum Gasteiger partial charge on any atom is -0.489 e. The van der Waals surface area contributed by atoms with Crippen molar-refractivity contribution in [1.29, 1.82) is 0 Å². The molecule has 4 aromatic rings. The van der Waals surface area contributed by atoms with Crippen molar-refractivity contribution >= 4 is 16.6 Å². The highest BCUT2D eigenvalue weighted by atomic mass is 19.4. The summed E-state index contributed by atoms with van der Waals surface area (Å²) < 4.78 is 55.2. The zero-order valence-electron chi connectivity index (χ0n) is 19.9. The van der Waals surface area contributed by atoms with E-state index < -0.39 is 12.2 Å². The van der Waals surface area contributed by atoms with Crippen molar-refractivity contribution in [2.24, 2.45) is 5.73 Å². The molecule has 5 rings (SSSR count). The summed E-state index contributed by atoms with van der Waals surface area (Å²) in [7, 11) is 1.61. The fourth-order valence-corrected chi connectivity index (χ4v) is 4.54. The maximum Gasteiger partial charge on any atom is 0.408 e. The number of benzene rings is 1. The van der Waals surface area contributed by atoms with Gasteiger partial charge in [0.25, 0.3) is 0 Å². The van der Waals surface area contributed by atoms with Crippen LogP contribution in [0.4, 0.5) is 13.2 Å². The van der Waals surface area contributed by atoms with Gasteiger partial charge in [-0.2, -0.15) is 13.2 Å². The molecule has 0 radical (unpaired) electrons. The number of halogens is 3. The molecule has 1 fully saturated rings. The molecule has 3 aromatic heterocycles. The number of hydrogen-bond acceptors (Lipinski definition) is 7. The number of alkyl halides is 3.